The van der Waals surface area contributed by atoms with E-state index in [0.717, 1.165) is 11.1 Å². The van der Waals surface area contributed by atoms with Crippen molar-refractivity contribution in [3.05, 3.63) is 53.6 Å². The Morgan fingerprint density at radius 1 is 0.875 bits per heavy atom. The van der Waals surface area contributed by atoms with Crippen LogP contribution in [0.4, 0.5) is 0 Å². The second kappa shape index (κ2) is 6.00. The zero-order chi connectivity index (χ0) is 16.7. The molecule has 0 bridgehead atoms. The Bertz CT molecular complexity index is 727. The highest BCUT2D eigenvalue weighted by Gasteiger charge is 2.48. The van der Waals surface area contributed by atoms with E-state index in [1.165, 1.54) is 7.11 Å². The number of phenolic OH excluding ortho intramolecular Hbond substituents is 2. The maximum absolute atomic E-state index is 9.77. The molecule has 2 aliphatic rings. The second-order valence-electron chi connectivity index (χ2n) is 6.36. The van der Waals surface area contributed by atoms with Crippen molar-refractivity contribution in [1.29, 1.82) is 0 Å². The van der Waals surface area contributed by atoms with E-state index in [1.54, 1.807) is 18.2 Å². The molecule has 0 amide bonds. The number of phenols is 2. The first-order valence-corrected chi connectivity index (χ1v) is 8.06. The number of rotatable bonds is 3. The molecule has 2 saturated heterocycles. The highest BCUT2D eigenvalue weighted by Crippen LogP contribution is 2.50. The summed E-state index contributed by atoms with van der Waals surface area (Å²) in [6.45, 7) is 1.26. The van der Waals surface area contributed by atoms with Gasteiger partial charge < -0.3 is 24.4 Å². The lowest BCUT2D eigenvalue weighted by atomic mass is 9.85. The lowest BCUT2D eigenvalue weighted by Crippen LogP contribution is -2.14. The average Bonchev–Trinajstić information content (AvgIpc) is 3.18. The number of hydrogen-bond acceptors (Lipinski definition) is 5. The third-order valence-corrected chi connectivity index (χ3v) is 5.02. The third kappa shape index (κ3) is 2.50. The van der Waals surface area contributed by atoms with Gasteiger partial charge in [-0.3, -0.25) is 0 Å². The van der Waals surface area contributed by atoms with Crippen molar-refractivity contribution in [2.45, 2.75) is 12.2 Å². The van der Waals surface area contributed by atoms with Crippen LogP contribution < -0.4 is 4.74 Å². The van der Waals surface area contributed by atoms with Crippen molar-refractivity contribution in [1.82, 2.24) is 0 Å². The summed E-state index contributed by atoms with van der Waals surface area (Å²) in [5.74, 6) is 1.37. The average molecular weight is 328 g/mol. The van der Waals surface area contributed by atoms with E-state index in [0.29, 0.717) is 19.0 Å². The largest absolute Gasteiger partial charge is 0.508 e. The van der Waals surface area contributed by atoms with E-state index in [9.17, 15) is 10.2 Å². The minimum atomic E-state index is -0.0633. The van der Waals surface area contributed by atoms with Crippen molar-refractivity contribution in [3.8, 4) is 17.2 Å². The summed E-state index contributed by atoms with van der Waals surface area (Å²) in [7, 11) is 1.54. The van der Waals surface area contributed by atoms with Gasteiger partial charge in [0, 0.05) is 11.8 Å². The number of ether oxygens (including phenoxy) is 3. The monoisotopic (exact) mass is 328 g/mol. The number of aromatic hydroxyl groups is 2. The molecule has 2 heterocycles. The summed E-state index contributed by atoms with van der Waals surface area (Å²) in [6, 6.07) is 12.5. The molecular formula is C19H20O5. The Balaban J connectivity index is 1.57. The summed E-state index contributed by atoms with van der Waals surface area (Å²) in [5.41, 5.74) is 2.06. The van der Waals surface area contributed by atoms with Crippen LogP contribution in [0, 0.1) is 11.8 Å². The Labute approximate surface area is 140 Å². The van der Waals surface area contributed by atoms with E-state index < -0.39 is 0 Å². The molecule has 2 N–H and O–H groups in total. The fourth-order valence-electron chi connectivity index (χ4n) is 3.77. The molecule has 0 spiro atoms. The molecule has 0 radical (unpaired) electrons. The van der Waals surface area contributed by atoms with E-state index >= 15 is 0 Å². The predicted molar refractivity (Wildman–Crippen MR) is 87.1 cm³/mol. The molecule has 5 nitrogen and oxygen atoms in total. The number of methoxy groups -OCH3 is 1. The first-order chi connectivity index (χ1) is 11.7. The van der Waals surface area contributed by atoms with Gasteiger partial charge in [0.2, 0.25) is 0 Å². The Morgan fingerprint density at radius 2 is 1.46 bits per heavy atom. The lowest BCUT2D eigenvalue weighted by molar-refractivity contribution is 0.0192. The van der Waals surface area contributed by atoms with Crippen LogP contribution in [0.5, 0.6) is 17.2 Å². The van der Waals surface area contributed by atoms with Gasteiger partial charge in [-0.2, -0.15) is 0 Å². The van der Waals surface area contributed by atoms with Crippen LogP contribution in [0.1, 0.15) is 23.3 Å². The zero-order valence-corrected chi connectivity index (χ0v) is 13.4. The van der Waals surface area contributed by atoms with Gasteiger partial charge in [0.25, 0.3) is 0 Å². The molecule has 2 fully saturated rings. The summed E-state index contributed by atoms with van der Waals surface area (Å²) >= 11 is 0. The van der Waals surface area contributed by atoms with Gasteiger partial charge in [0.05, 0.1) is 32.5 Å². The molecule has 5 heteroatoms. The lowest BCUT2D eigenvalue weighted by Gasteiger charge is -2.17. The van der Waals surface area contributed by atoms with Crippen molar-refractivity contribution in [3.63, 3.8) is 0 Å². The normalized spacial score (nSPS) is 28.7. The van der Waals surface area contributed by atoms with Crippen LogP contribution in [-0.4, -0.2) is 30.5 Å². The third-order valence-electron chi connectivity index (χ3n) is 5.02. The molecular weight excluding hydrogens is 308 g/mol. The van der Waals surface area contributed by atoms with Gasteiger partial charge in [-0.25, -0.2) is 0 Å². The van der Waals surface area contributed by atoms with E-state index in [4.69, 9.17) is 14.2 Å². The molecule has 0 aliphatic carbocycles. The van der Waals surface area contributed by atoms with Crippen molar-refractivity contribution in [2.75, 3.05) is 20.3 Å². The highest BCUT2D eigenvalue weighted by molar-refractivity contribution is 5.43. The fraction of sp³-hybridized carbons (Fsp3) is 0.368. The predicted octanol–water partition coefficient (Wildman–Crippen LogP) is 3.18. The minimum Gasteiger partial charge on any atom is -0.508 e. The van der Waals surface area contributed by atoms with Crippen LogP contribution in [-0.2, 0) is 9.47 Å². The number of fused-ring (bicyclic) bond motifs is 1. The fourth-order valence-corrected chi connectivity index (χ4v) is 3.77. The minimum absolute atomic E-state index is 0.0142. The Hall–Kier alpha value is -2.24. The molecule has 4 atom stereocenters. The highest BCUT2D eigenvalue weighted by atomic mass is 16.5. The van der Waals surface area contributed by atoms with E-state index in [2.05, 4.69) is 0 Å². The Kier molecular flexibility index (Phi) is 3.82. The molecule has 0 aromatic heterocycles. The number of hydrogen-bond donors (Lipinski definition) is 2. The van der Waals surface area contributed by atoms with Gasteiger partial charge >= 0.3 is 0 Å². The SMILES string of the molecule is COc1cc([C@@H]2OC[C@@H]3[C@H]2CO[C@H]3c2ccc(O)cc2)ccc1O. The summed E-state index contributed by atoms with van der Waals surface area (Å²) in [5, 5.41) is 19.2. The van der Waals surface area contributed by atoms with Crippen molar-refractivity contribution < 1.29 is 24.4 Å². The van der Waals surface area contributed by atoms with Crippen LogP contribution >= 0.6 is 0 Å². The van der Waals surface area contributed by atoms with Crippen molar-refractivity contribution >= 4 is 0 Å². The molecule has 2 aromatic rings. The number of benzene rings is 2. The first kappa shape index (κ1) is 15.3. The summed E-state index contributed by atoms with van der Waals surface area (Å²) < 4.78 is 17.3. The van der Waals surface area contributed by atoms with Gasteiger partial charge in [0.1, 0.15) is 5.75 Å². The molecule has 0 saturated carbocycles. The zero-order valence-electron chi connectivity index (χ0n) is 13.4. The first-order valence-electron chi connectivity index (χ1n) is 8.06. The van der Waals surface area contributed by atoms with E-state index in [-0.39, 0.29) is 35.5 Å². The summed E-state index contributed by atoms with van der Waals surface area (Å²) in [6.07, 6.45) is -0.0776. The van der Waals surface area contributed by atoms with Crippen LogP contribution in [0.15, 0.2) is 42.5 Å². The molecule has 24 heavy (non-hydrogen) atoms. The molecule has 2 aromatic carbocycles. The van der Waals surface area contributed by atoms with Gasteiger partial charge in [-0.1, -0.05) is 18.2 Å². The van der Waals surface area contributed by atoms with Crippen LogP contribution in [0.3, 0.4) is 0 Å². The Morgan fingerprint density at radius 3 is 2.08 bits per heavy atom. The molecule has 4 rings (SSSR count). The van der Waals surface area contributed by atoms with Gasteiger partial charge in [-0.15, -0.1) is 0 Å². The van der Waals surface area contributed by atoms with Gasteiger partial charge in [0.15, 0.2) is 11.5 Å². The maximum Gasteiger partial charge on any atom is 0.160 e. The van der Waals surface area contributed by atoms with Crippen LogP contribution in [0.25, 0.3) is 0 Å². The van der Waals surface area contributed by atoms with E-state index in [1.807, 2.05) is 24.3 Å². The second-order valence-corrected chi connectivity index (χ2v) is 6.36. The molecule has 2 aliphatic heterocycles. The smallest absolute Gasteiger partial charge is 0.160 e. The maximum atomic E-state index is 9.77. The molecule has 0 unspecified atom stereocenters. The van der Waals surface area contributed by atoms with Gasteiger partial charge in [-0.05, 0) is 35.4 Å². The standard InChI is InChI=1S/C19H20O5/c1-22-17-8-12(4-7-16(17)21)19-15-10-23-18(14(15)9-24-19)11-2-5-13(20)6-3-11/h2-8,14-15,18-21H,9-10H2,1H3/t14-,15-,18+,19+/m1/s1. The molecule has 126 valence electrons. The summed E-state index contributed by atoms with van der Waals surface area (Å²) in [4.78, 5) is 0. The quantitative estimate of drug-likeness (QED) is 0.906. The van der Waals surface area contributed by atoms with Crippen molar-refractivity contribution in [2.24, 2.45) is 11.8 Å². The van der Waals surface area contributed by atoms with Crippen LogP contribution in [0.2, 0.25) is 0 Å². The topological polar surface area (TPSA) is 68.2 Å².